The second-order valence-electron chi connectivity index (χ2n) is 5.59. The number of hydrogen-bond acceptors (Lipinski definition) is 5. The van der Waals surface area contributed by atoms with Crippen molar-refractivity contribution in [3.05, 3.63) is 71.6 Å². The van der Waals surface area contributed by atoms with Gasteiger partial charge in [-0.15, -0.1) is 0 Å². The van der Waals surface area contributed by atoms with E-state index in [1.165, 1.54) is 6.26 Å². The van der Waals surface area contributed by atoms with Gasteiger partial charge in [0.1, 0.15) is 5.52 Å². The fourth-order valence-electron chi connectivity index (χ4n) is 2.46. The monoisotopic (exact) mass is 397 g/mol. The van der Waals surface area contributed by atoms with Crippen molar-refractivity contribution in [2.24, 2.45) is 0 Å². The number of halogens is 1. The molecule has 0 spiro atoms. The minimum absolute atomic E-state index is 0.150. The number of aromatic nitrogens is 1. The third-order valence-corrected chi connectivity index (χ3v) is 4.16. The molecule has 6 nitrogen and oxygen atoms in total. The summed E-state index contributed by atoms with van der Waals surface area (Å²) in [6.45, 7) is 0. The highest BCUT2D eigenvalue weighted by Crippen LogP contribution is 2.27. The van der Waals surface area contributed by atoms with Crippen molar-refractivity contribution in [1.29, 1.82) is 0 Å². The van der Waals surface area contributed by atoms with Crippen molar-refractivity contribution in [2.75, 3.05) is 5.32 Å². The molecule has 0 unspecified atom stereocenters. The number of carbonyl (C=O) groups excluding carboxylic acids is 1. The van der Waals surface area contributed by atoms with E-state index >= 15 is 0 Å². The number of rotatable bonds is 3. The predicted molar refractivity (Wildman–Crippen MR) is 107 cm³/mol. The number of hydrogen-bond donors (Lipinski definition) is 2. The smallest absolute Gasteiger partial charge is 0.293 e. The number of anilines is 1. The summed E-state index contributed by atoms with van der Waals surface area (Å²) in [5.74, 6) is 0.247. The van der Waals surface area contributed by atoms with Crippen molar-refractivity contribution in [3.63, 3.8) is 0 Å². The normalized spacial score (nSPS) is 10.7. The van der Waals surface area contributed by atoms with Crippen molar-refractivity contribution < 1.29 is 13.6 Å². The van der Waals surface area contributed by atoms with Crippen LogP contribution in [0.3, 0.4) is 0 Å². The summed E-state index contributed by atoms with van der Waals surface area (Å²) in [6.07, 6.45) is 1.42. The van der Waals surface area contributed by atoms with Gasteiger partial charge in [-0.3, -0.25) is 10.1 Å². The third-order valence-electron chi connectivity index (χ3n) is 3.71. The Morgan fingerprint density at radius 3 is 2.67 bits per heavy atom. The standard InChI is InChI=1S/C19H12ClN3O3S/c20-12-5-3-11(4-6-12)18-22-14-10-13(7-8-15(14)26-18)21-19(27)23-17(24)16-2-1-9-25-16/h1-10H,(H2,21,23,24,27). The van der Waals surface area contributed by atoms with E-state index in [-0.39, 0.29) is 10.9 Å². The van der Waals surface area contributed by atoms with E-state index in [1.54, 1.807) is 42.5 Å². The highest BCUT2D eigenvalue weighted by molar-refractivity contribution is 7.80. The first-order chi connectivity index (χ1) is 13.1. The van der Waals surface area contributed by atoms with Gasteiger partial charge in [-0.2, -0.15) is 0 Å². The van der Waals surface area contributed by atoms with Crippen LogP contribution in [0.1, 0.15) is 10.6 Å². The van der Waals surface area contributed by atoms with Crippen molar-refractivity contribution in [1.82, 2.24) is 10.3 Å². The van der Waals surface area contributed by atoms with Crippen LogP contribution in [-0.2, 0) is 0 Å². The number of furan rings is 1. The van der Waals surface area contributed by atoms with Gasteiger partial charge in [0.15, 0.2) is 16.5 Å². The van der Waals surface area contributed by atoms with Crippen molar-refractivity contribution in [3.8, 4) is 11.5 Å². The number of carbonyl (C=O) groups is 1. The first-order valence-electron chi connectivity index (χ1n) is 7.91. The fraction of sp³-hybridized carbons (Fsp3) is 0. The Labute approximate surface area is 164 Å². The van der Waals surface area contributed by atoms with E-state index in [9.17, 15) is 4.79 Å². The highest BCUT2D eigenvalue weighted by Gasteiger charge is 2.12. The quantitative estimate of drug-likeness (QED) is 0.480. The molecule has 0 aliphatic carbocycles. The van der Waals surface area contributed by atoms with E-state index in [4.69, 9.17) is 32.7 Å². The minimum Gasteiger partial charge on any atom is -0.459 e. The lowest BCUT2D eigenvalue weighted by Crippen LogP contribution is -2.33. The molecule has 0 aliphatic heterocycles. The SMILES string of the molecule is O=C(NC(=S)Nc1ccc2oc(-c3ccc(Cl)cc3)nc2c1)c1ccco1. The molecule has 27 heavy (non-hydrogen) atoms. The van der Waals surface area contributed by atoms with Crippen LogP contribution in [0.2, 0.25) is 5.02 Å². The predicted octanol–water partition coefficient (Wildman–Crippen LogP) is 4.87. The van der Waals surface area contributed by atoms with Gasteiger partial charge in [0, 0.05) is 16.3 Å². The molecule has 134 valence electrons. The van der Waals surface area contributed by atoms with Crippen LogP contribution < -0.4 is 10.6 Å². The number of nitrogens with one attached hydrogen (secondary N) is 2. The maximum Gasteiger partial charge on any atom is 0.293 e. The number of fused-ring (bicyclic) bond motifs is 1. The van der Waals surface area contributed by atoms with E-state index in [1.807, 2.05) is 12.1 Å². The lowest BCUT2D eigenvalue weighted by Gasteiger charge is -2.08. The highest BCUT2D eigenvalue weighted by atomic mass is 35.5. The Kier molecular flexibility index (Phi) is 4.62. The number of benzene rings is 2. The van der Waals surface area contributed by atoms with Gasteiger partial charge in [-0.05, 0) is 66.8 Å². The van der Waals surface area contributed by atoms with Crippen LogP contribution in [0.15, 0.2) is 69.7 Å². The van der Waals surface area contributed by atoms with Crippen LogP contribution in [0.25, 0.3) is 22.6 Å². The minimum atomic E-state index is -0.426. The summed E-state index contributed by atoms with van der Waals surface area (Å²) < 4.78 is 10.8. The molecule has 4 rings (SSSR count). The molecular formula is C19H12ClN3O3S. The van der Waals surface area contributed by atoms with E-state index in [2.05, 4.69) is 15.6 Å². The maximum atomic E-state index is 11.9. The summed E-state index contributed by atoms with van der Waals surface area (Å²) >= 11 is 11.1. The van der Waals surface area contributed by atoms with Crippen LogP contribution in [0.5, 0.6) is 0 Å². The zero-order valence-electron chi connectivity index (χ0n) is 13.7. The molecule has 2 aromatic carbocycles. The maximum absolute atomic E-state index is 11.9. The molecule has 0 saturated carbocycles. The number of nitrogens with zero attached hydrogens (tertiary/aromatic N) is 1. The molecular weight excluding hydrogens is 386 g/mol. The van der Waals surface area contributed by atoms with Crippen LogP contribution in [0, 0.1) is 0 Å². The van der Waals surface area contributed by atoms with E-state index < -0.39 is 5.91 Å². The van der Waals surface area contributed by atoms with Crippen LogP contribution in [0.4, 0.5) is 5.69 Å². The topological polar surface area (TPSA) is 80.3 Å². The summed E-state index contributed by atoms with van der Waals surface area (Å²) in [5, 5.41) is 6.28. The van der Waals surface area contributed by atoms with Crippen molar-refractivity contribution >= 4 is 51.6 Å². The largest absolute Gasteiger partial charge is 0.459 e. The van der Waals surface area contributed by atoms with Gasteiger partial charge in [0.05, 0.1) is 6.26 Å². The summed E-state index contributed by atoms with van der Waals surface area (Å²) in [5.41, 5.74) is 2.79. The van der Waals surface area contributed by atoms with Crippen molar-refractivity contribution in [2.45, 2.75) is 0 Å². The molecule has 0 fully saturated rings. The average Bonchev–Trinajstić information content (AvgIpc) is 3.31. The van der Waals surface area contributed by atoms with Gasteiger partial charge in [-0.25, -0.2) is 4.98 Å². The van der Waals surface area contributed by atoms with Gasteiger partial charge < -0.3 is 14.2 Å². The lowest BCUT2D eigenvalue weighted by atomic mass is 10.2. The third kappa shape index (κ3) is 3.84. The molecule has 1 amide bonds. The van der Waals surface area contributed by atoms with E-state index in [0.717, 1.165) is 5.56 Å². The number of thiocarbonyl (C=S) groups is 1. The number of oxazole rings is 1. The Balaban J connectivity index is 1.50. The zero-order chi connectivity index (χ0) is 18.8. The van der Waals surface area contributed by atoms with E-state index in [0.29, 0.717) is 27.7 Å². The number of amides is 1. The molecule has 8 heteroatoms. The van der Waals surface area contributed by atoms with Gasteiger partial charge >= 0.3 is 0 Å². The zero-order valence-corrected chi connectivity index (χ0v) is 15.3. The second kappa shape index (κ2) is 7.22. The summed E-state index contributed by atoms with van der Waals surface area (Å²) in [4.78, 5) is 16.4. The fourth-order valence-corrected chi connectivity index (χ4v) is 2.79. The Morgan fingerprint density at radius 1 is 1.11 bits per heavy atom. The first kappa shape index (κ1) is 17.3. The Bertz CT molecular complexity index is 1120. The average molecular weight is 398 g/mol. The molecule has 2 aromatic heterocycles. The lowest BCUT2D eigenvalue weighted by molar-refractivity contribution is 0.0950. The summed E-state index contributed by atoms with van der Waals surface area (Å²) in [7, 11) is 0. The molecule has 0 saturated heterocycles. The first-order valence-corrected chi connectivity index (χ1v) is 8.69. The molecule has 2 N–H and O–H groups in total. The molecule has 0 bridgehead atoms. The summed E-state index contributed by atoms with van der Waals surface area (Å²) in [6, 6.07) is 15.8. The van der Waals surface area contributed by atoms with Crippen LogP contribution in [-0.4, -0.2) is 16.0 Å². The van der Waals surface area contributed by atoms with Gasteiger partial charge in [0.2, 0.25) is 5.89 Å². The molecule has 2 heterocycles. The molecule has 0 radical (unpaired) electrons. The molecule has 0 aliphatic rings. The second-order valence-corrected chi connectivity index (χ2v) is 6.44. The van der Waals surface area contributed by atoms with Gasteiger partial charge in [0.25, 0.3) is 5.91 Å². The molecule has 0 atom stereocenters. The Hall–Kier alpha value is -3.16. The molecule has 4 aromatic rings. The van der Waals surface area contributed by atoms with Gasteiger partial charge in [-0.1, -0.05) is 11.6 Å². The Morgan fingerprint density at radius 2 is 1.93 bits per heavy atom. The van der Waals surface area contributed by atoms with Crippen LogP contribution >= 0.6 is 23.8 Å².